The molecule has 0 fully saturated rings. The van der Waals surface area contributed by atoms with Gasteiger partial charge in [-0.25, -0.2) is 9.18 Å². The third-order valence-corrected chi connectivity index (χ3v) is 3.77. The van der Waals surface area contributed by atoms with Crippen LogP contribution < -0.4 is 14.2 Å². The second-order valence-corrected chi connectivity index (χ2v) is 5.65. The highest BCUT2D eigenvalue weighted by Crippen LogP contribution is 2.36. The fraction of sp³-hybridized carbons (Fsp3) is 0.158. The first kappa shape index (κ1) is 16.9. The first-order valence-electron chi connectivity index (χ1n) is 8.07. The summed E-state index contributed by atoms with van der Waals surface area (Å²) in [4.78, 5) is 11.8. The predicted molar refractivity (Wildman–Crippen MR) is 89.8 cm³/mol. The van der Waals surface area contributed by atoms with Crippen LogP contribution in [0.2, 0.25) is 0 Å². The van der Waals surface area contributed by atoms with Crippen molar-refractivity contribution in [2.45, 2.75) is 6.61 Å². The Morgan fingerprint density at radius 2 is 1.89 bits per heavy atom. The van der Waals surface area contributed by atoms with Gasteiger partial charge in [-0.15, -0.1) is 0 Å². The number of hydrogen-bond acceptors (Lipinski definition) is 7. The van der Waals surface area contributed by atoms with Gasteiger partial charge in [-0.3, -0.25) is 0 Å². The van der Waals surface area contributed by atoms with Gasteiger partial charge in [0.2, 0.25) is 6.79 Å². The van der Waals surface area contributed by atoms with Crippen LogP contribution in [0.1, 0.15) is 5.69 Å². The lowest BCUT2D eigenvalue weighted by molar-refractivity contribution is -0.147. The van der Waals surface area contributed by atoms with Crippen molar-refractivity contribution in [3.05, 3.63) is 60.0 Å². The molecular formula is C19H14FNO6. The van der Waals surface area contributed by atoms with Crippen LogP contribution in [-0.2, 0) is 16.1 Å². The van der Waals surface area contributed by atoms with Gasteiger partial charge in [0.15, 0.2) is 23.9 Å². The SMILES string of the molecule is O=C(COc1ccc(F)cc1)OCc1cc(-c2ccc3c(c2)OCO3)on1. The van der Waals surface area contributed by atoms with Crippen molar-refractivity contribution in [1.82, 2.24) is 5.16 Å². The van der Waals surface area contributed by atoms with Crippen molar-refractivity contribution in [2.75, 3.05) is 13.4 Å². The summed E-state index contributed by atoms with van der Waals surface area (Å²) in [7, 11) is 0. The van der Waals surface area contributed by atoms with Crippen molar-refractivity contribution in [3.8, 4) is 28.6 Å². The van der Waals surface area contributed by atoms with Crippen molar-refractivity contribution in [1.29, 1.82) is 0 Å². The van der Waals surface area contributed by atoms with Crippen molar-refractivity contribution in [2.24, 2.45) is 0 Å². The highest BCUT2D eigenvalue weighted by molar-refractivity contribution is 5.71. The van der Waals surface area contributed by atoms with Crippen LogP contribution in [0, 0.1) is 5.82 Å². The number of benzene rings is 2. The Bertz CT molecular complexity index is 953. The first-order chi connectivity index (χ1) is 13.2. The zero-order valence-electron chi connectivity index (χ0n) is 14.0. The van der Waals surface area contributed by atoms with E-state index >= 15 is 0 Å². The van der Waals surface area contributed by atoms with Crippen LogP contribution in [0.4, 0.5) is 4.39 Å². The number of fused-ring (bicyclic) bond motifs is 1. The molecule has 1 aromatic heterocycles. The summed E-state index contributed by atoms with van der Waals surface area (Å²) in [6.45, 7) is -0.158. The zero-order valence-corrected chi connectivity index (χ0v) is 14.0. The van der Waals surface area contributed by atoms with E-state index in [1.54, 1.807) is 18.2 Å². The van der Waals surface area contributed by atoms with E-state index in [4.69, 9.17) is 23.5 Å². The Morgan fingerprint density at radius 3 is 2.74 bits per heavy atom. The summed E-state index contributed by atoms with van der Waals surface area (Å²) in [5, 5.41) is 3.88. The van der Waals surface area contributed by atoms with E-state index in [0.717, 1.165) is 5.56 Å². The smallest absolute Gasteiger partial charge is 0.344 e. The quantitative estimate of drug-likeness (QED) is 0.615. The molecule has 0 saturated heterocycles. The summed E-state index contributed by atoms with van der Waals surface area (Å²) in [5.41, 5.74) is 1.22. The number of halogens is 1. The van der Waals surface area contributed by atoms with Gasteiger partial charge in [0, 0.05) is 11.6 Å². The Hall–Kier alpha value is -3.55. The number of aromatic nitrogens is 1. The molecular weight excluding hydrogens is 357 g/mol. The molecule has 0 aliphatic carbocycles. The maximum atomic E-state index is 12.8. The molecule has 1 aliphatic heterocycles. The molecule has 0 amide bonds. The highest BCUT2D eigenvalue weighted by atomic mass is 19.1. The summed E-state index contributed by atoms with van der Waals surface area (Å²) in [5.74, 6) is 1.24. The minimum absolute atomic E-state index is 0.0559. The Balaban J connectivity index is 1.30. The molecule has 138 valence electrons. The molecule has 0 bridgehead atoms. The van der Waals surface area contributed by atoms with E-state index in [1.165, 1.54) is 24.3 Å². The van der Waals surface area contributed by atoms with E-state index in [1.807, 2.05) is 6.07 Å². The lowest BCUT2D eigenvalue weighted by Gasteiger charge is -2.05. The zero-order chi connectivity index (χ0) is 18.6. The van der Waals surface area contributed by atoms with Gasteiger partial charge in [0.05, 0.1) is 0 Å². The van der Waals surface area contributed by atoms with E-state index in [9.17, 15) is 9.18 Å². The molecule has 1 aliphatic rings. The largest absolute Gasteiger partial charge is 0.482 e. The minimum Gasteiger partial charge on any atom is -0.482 e. The van der Waals surface area contributed by atoms with E-state index in [-0.39, 0.29) is 25.8 Å². The number of ether oxygens (including phenoxy) is 4. The van der Waals surface area contributed by atoms with Crippen molar-refractivity contribution < 1.29 is 32.7 Å². The number of hydrogen-bond donors (Lipinski definition) is 0. The van der Waals surface area contributed by atoms with Gasteiger partial charge in [-0.2, -0.15) is 0 Å². The molecule has 4 rings (SSSR count). The number of rotatable bonds is 6. The Kier molecular flexibility index (Phi) is 4.61. The van der Waals surface area contributed by atoms with Crippen LogP contribution >= 0.6 is 0 Å². The maximum Gasteiger partial charge on any atom is 0.344 e. The van der Waals surface area contributed by atoms with Crippen molar-refractivity contribution >= 4 is 5.97 Å². The summed E-state index contributed by atoms with van der Waals surface area (Å²) >= 11 is 0. The number of nitrogens with zero attached hydrogens (tertiary/aromatic N) is 1. The maximum absolute atomic E-state index is 12.8. The molecule has 0 radical (unpaired) electrons. The van der Waals surface area contributed by atoms with Gasteiger partial charge in [-0.05, 0) is 42.5 Å². The molecule has 2 aromatic carbocycles. The second kappa shape index (κ2) is 7.36. The topological polar surface area (TPSA) is 80.0 Å². The lowest BCUT2D eigenvalue weighted by Crippen LogP contribution is -2.14. The van der Waals surface area contributed by atoms with Crippen LogP contribution in [0.5, 0.6) is 17.2 Å². The van der Waals surface area contributed by atoms with Crippen LogP contribution in [0.25, 0.3) is 11.3 Å². The highest BCUT2D eigenvalue weighted by Gasteiger charge is 2.16. The predicted octanol–water partition coefficient (Wildman–Crippen LogP) is 3.33. The number of carbonyl (C=O) groups is 1. The third kappa shape index (κ3) is 4.00. The number of carbonyl (C=O) groups excluding carboxylic acids is 1. The molecule has 3 aromatic rings. The lowest BCUT2D eigenvalue weighted by atomic mass is 10.1. The molecule has 2 heterocycles. The molecule has 0 unspecified atom stereocenters. The standard InChI is InChI=1S/C19H14FNO6/c20-13-2-4-15(5-3-13)23-10-19(22)24-9-14-8-17(27-21-14)12-1-6-16-18(7-12)26-11-25-16/h1-8H,9-11H2. The normalized spacial score (nSPS) is 12.0. The number of esters is 1. The monoisotopic (exact) mass is 371 g/mol. The van der Waals surface area contributed by atoms with E-state index in [2.05, 4.69) is 5.16 Å². The van der Waals surface area contributed by atoms with Gasteiger partial charge in [-0.1, -0.05) is 5.16 Å². The summed E-state index contributed by atoms with van der Waals surface area (Å²) in [6, 6.07) is 12.4. The third-order valence-electron chi connectivity index (χ3n) is 3.77. The van der Waals surface area contributed by atoms with Gasteiger partial charge < -0.3 is 23.5 Å². The molecule has 0 atom stereocenters. The average molecular weight is 371 g/mol. The molecule has 0 N–H and O–H groups in total. The van der Waals surface area contributed by atoms with E-state index < -0.39 is 5.97 Å². The Morgan fingerprint density at radius 1 is 1.07 bits per heavy atom. The molecule has 27 heavy (non-hydrogen) atoms. The van der Waals surface area contributed by atoms with E-state index in [0.29, 0.717) is 28.7 Å². The molecule has 0 saturated carbocycles. The van der Waals surface area contributed by atoms with Crippen LogP contribution in [0.3, 0.4) is 0 Å². The fourth-order valence-corrected chi connectivity index (χ4v) is 2.43. The first-order valence-corrected chi connectivity index (χ1v) is 8.07. The van der Waals surface area contributed by atoms with Gasteiger partial charge in [0.25, 0.3) is 0 Å². The van der Waals surface area contributed by atoms with Gasteiger partial charge in [0.1, 0.15) is 23.9 Å². The average Bonchev–Trinajstić information content (AvgIpc) is 3.34. The van der Waals surface area contributed by atoms with Crippen LogP contribution in [0.15, 0.2) is 53.1 Å². The van der Waals surface area contributed by atoms with Gasteiger partial charge >= 0.3 is 5.97 Å². The molecule has 0 spiro atoms. The van der Waals surface area contributed by atoms with Crippen LogP contribution in [-0.4, -0.2) is 24.5 Å². The molecule has 7 nitrogen and oxygen atoms in total. The molecule has 8 heteroatoms. The van der Waals surface area contributed by atoms with Crippen molar-refractivity contribution in [3.63, 3.8) is 0 Å². The summed E-state index contributed by atoms with van der Waals surface area (Å²) in [6.07, 6.45) is 0. The second-order valence-electron chi connectivity index (χ2n) is 5.65. The minimum atomic E-state index is -0.577. The fourth-order valence-electron chi connectivity index (χ4n) is 2.43. The Labute approximate surface area is 153 Å². The summed E-state index contributed by atoms with van der Waals surface area (Å²) < 4.78 is 39.0.